The molecule has 4 heteroatoms. The molecule has 0 spiro atoms. The van der Waals surface area contributed by atoms with E-state index < -0.39 is 0 Å². The summed E-state index contributed by atoms with van der Waals surface area (Å²) in [5, 5.41) is 9.40. The van der Waals surface area contributed by atoms with Crippen LogP contribution < -0.4 is 5.32 Å². The number of hydrogen-bond donors (Lipinski definition) is 1. The van der Waals surface area contributed by atoms with Gasteiger partial charge in [-0.15, -0.1) is 0 Å². The van der Waals surface area contributed by atoms with Gasteiger partial charge in [0.05, 0.1) is 5.52 Å². The van der Waals surface area contributed by atoms with Crippen molar-refractivity contribution in [2.24, 2.45) is 7.05 Å². The van der Waals surface area contributed by atoms with Gasteiger partial charge < -0.3 is 5.32 Å². The summed E-state index contributed by atoms with van der Waals surface area (Å²) in [5.74, 6) is 0.631. The van der Waals surface area contributed by atoms with E-state index >= 15 is 0 Å². The molecule has 1 saturated heterocycles. The number of benzene rings is 1. The summed E-state index contributed by atoms with van der Waals surface area (Å²) < 4.78 is 1.91. The molecule has 0 aliphatic carbocycles. The van der Waals surface area contributed by atoms with Crippen molar-refractivity contribution in [2.45, 2.75) is 18.8 Å². The summed E-state index contributed by atoms with van der Waals surface area (Å²) >= 11 is 6.14. The number of aryl methyl sites for hydroxylation is 1. The predicted molar refractivity (Wildman–Crippen MR) is 70.6 cm³/mol. The molecule has 2 heterocycles. The number of piperidine rings is 1. The summed E-state index contributed by atoms with van der Waals surface area (Å²) in [4.78, 5) is 0. The molecule has 0 saturated carbocycles. The Morgan fingerprint density at radius 1 is 1.35 bits per heavy atom. The van der Waals surface area contributed by atoms with E-state index in [4.69, 9.17) is 11.6 Å². The van der Waals surface area contributed by atoms with Crippen LogP contribution in [-0.2, 0) is 7.05 Å². The Hall–Kier alpha value is -1.06. The molecule has 1 aromatic carbocycles. The maximum atomic E-state index is 6.14. The van der Waals surface area contributed by atoms with Crippen LogP contribution in [0.4, 0.5) is 0 Å². The van der Waals surface area contributed by atoms with Gasteiger partial charge in [-0.3, -0.25) is 4.68 Å². The Morgan fingerprint density at radius 2 is 2.12 bits per heavy atom. The molecule has 1 aliphatic heterocycles. The molecule has 0 radical (unpaired) electrons. The average Bonchev–Trinajstić information content (AvgIpc) is 2.66. The first kappa shape index (κ1) is 11.1. The molecular weight excluding hydrogens is 234 g/mol. The van der Waals surface area contributed by atoms with Crippen molar-refractivity contribution in [2.75, 3.05) is 13.1 Å². The molecule has 1 N–H and O–H groups in total. The highest BCUT2D eigenvalue weighted by Gasteiger charge is 2.20. The monoisotopic (exact) mass is 249 g/mol. The van der Waals surface area contributed by atoms with Gasteiger partial charge >= 0.3 is 0 Å². The van der Waals surface area contributed by atoms with Crippen molar-refractivity contribution in [3.8, 4) is 0 Å². The van der Waals surface area contributed by atoms with E-state index in [1.54, 1.807) is 0 Å². The number of aromatic nitrogens is 2. The van der Waals surface area contributed by atoms with Gasteiger partial charge in [0.15, 0.2) is 5.15 Å². The van der Waals surface area contributed by atoms with Crippen molar-refractivity contribution >= 4 is 22.5 Å². The average molecular weight is 250 g/mol. The lowest BCUT2D eigenvalue weighted by atomic mass is 9.89. The number of hydrogen-bond acceptors (Lipinski definition) is 2. The summed E-state index contributed by atoms with van der Waals surface area (Å²) in [7, 11) is 1.97. The third-order valence-corrected chi connectivity index (χ3v) is 3.91. The van der Waals surface area contributed by atoms with Crippen molar-refractivity contribution in [3.05, 3.63) is 28.9 Å². The first-order valence-corrected chi connectivity index (χ1v) is 6.47. The fourth-order valence-corrected chi connectivity index (χ4v) is 3.05. The molecule has 3 nitrogen and oxygen atoms in total. The quantitative estimate of drug-likeness (QED) is 0.842. The van der Waals surface area contributed by atoms with Gasteiger partial charge in [0.1, 0.15) is 0 Å². The predicted octanol–water partition coefficient (Wildman–Crippen LogP) is 2.69. The Balaban J connectivity index is 2.15. The van der Waals surface area contributed by atoms with E-state index in [1.807, 2.05) is 11.7 Å². The smallest absolute Gasteiger partial charge is 0.158 e. The van der Waals surface area contributed by atoms with Gasteiger partial charge in [-0.2, -0.15) is 5.10 Å². The summed E-state index contributed by atoms with van der Waals surface area (Å²) in [6, 6.07) is 6.36. The van der Waals surface area contributed by atoms with Crippen LogP contribution in [0.25, 0.3) is 10.9 Å². The van der Waals surface area contributed by atoms with Gasteiger partial charge in [-0.25, -0.2) is 0 Å². The minimum Gasteiger partial charge on any atom is -0.317 e. The van der Waals surface area contributed by atoms with Crippen LogP contribution >= 0.6 is 11.6 Å². The number of nitrogens with zero attached hydrogens (tertiary/aromatic N) is 2. The van der Waals surface area contributed by atoms with Gasteiger partial charge in [0.25, 0.3) is 0 Å². The largest absolute Gasteiger partial charge is 0.317 e. The summed E-state index contributed by atoms with van der Waals surface area (Å²) in [6.45, 7) is 2.21. The van der Waals surface area contributed by atoms with E-state index in [9.17, 15) is 0 Å². The highest BCUT2D eigenvalue weighted by Crippen LogP contribution is 2.33. The van der Waals surface area contributed by atoms with E-state index in [0.29, 0.717) is 11.1 Å². The second-order valence-electron chi connectivity index (χ2n) is 4.68. The zero-order chi connectivity index (χ0) is 11.8. The number of nitrogens with one attached hydrogen (secondary N) is 1. The van der Waals surface area contributed by atoms with Gasteiger partial charge in [0, 0.05) is 12.4 Å². The van der Waals surface area contributed by atoms with Crippen LogP contribution in [0.15, 0.2) is 18.2 Å². The highest BCUT2D eigenvalue weighted by atomic mass is 35.5. The summed E-state index contributed by atoms with van der Waals surface area (Å²) in [5.41, 5.74) is 2.59. The maximum Gasteiger partial charge on any atom is 0.158 e. The maximum absolute atomic E-state index is 6.14. The molecule has 0 unspecified atom stereocenters. The second kappa shape index (κ2) is 4.31. The second-order valence-corrected chi connectivity index (χ2v) is 5.04. The Kier molecular flexibility index (Phi) is 2.81. The Bertz CT molecular complexity index is 541. The molecule has 2 aromatic rings. The topological polar surface area (TPSA) is 29.9 Å². The molecule has 3 rings (SSSR count). The third kappa shape index (κ3) is 1.83. The van der Waals surface area contributed by atoms with Gasteiger partial charge in [-0.05, 0) is 43.5 Å². The van der Waals surface area contributed by atoms with Crippen LogP contribution in [0.5, 0.6) is 0 Å². The first-order chi connectivity index (χ1) is 8.27. The Morgan fingerprint density at radius 3 is 2.88 bits per heavy atom. The van der Waals surface area contributed by atoms with Crippen LogP contribution in [0.2, 0.25) is 5.15 Å². The highest BCUT2D eigenvalue weighted by molar-refractivity contribution is 6.34. The van der Waals surface area contributed by atoms with Crippen molar-refractivity contribution < 1.29 is 0 Å². The number of halogens is 1. The third-order valence-electron chi connectivity index (χ3n) is 3.63. The molecular formula is C13H16ClN3. The molecule has 1 aromatic heterocycles. The first-order valence-electron chi connectivity index (χ1n) is 6.09. The molecule has 0 atom stereocenters. The molecule has 1 fully saturated rings. The van der Waals surface area contributed by atoms with Crippen molar-refractivity contribution in [3.63, 3.8) is 0 Å². The lowest BCUT2D eigenvalue weighted by Gasteiger charge is -2.23. The van der Waals surface area contributed by atoms with Gasteiger partial charge in [-0.1, -0.05) is 23.7 Å². The van der Waals surface area contributed by atoms with E-state index in [2.05, 4.69) is 28.6 Å². The van der Waals surface area contributed by atoms with Crippen molar-refractivity contribution in [1.82, 2.24) is 15.1 Å². The molecule has 90 valence electrons. The fraction of sp³-hybridized carbons (Fsp3) is 0.462. The molecule has 17 heavy (non-hydrogen) atoms. The Labute approximate surface area is 106 Å². The lowest BCUT2D eigenvalue weighted by molar-refractivity contribution is 0.461. The zero-order valence-corrected chi connectivity index (χ0v) is 10.7. The minimum atomic E-state index is 0.610. The van der Waals surface area contributed by atoms with E-state index in [0.717, 1.165) is 18.5 Å². The molecule has 0 bridgehead atoms. The summed E-state index contributed by atoms with van der Waals surface area (Å²) in [6.07, 6.45) is 2.39. The lowest BCUT2D eigenvalue weighted by Crippen LogP contribution is -2.26. The van der Waals surface area contributed by atoms with Crippen LogP contribution in [-0.4, -0.2) is 22.9 Å². The SMILES string of the molecule is Cn1nc(Cl)c2cccc(C3CCNCC3)c21. The van der Waals surface area contributed by atoms with Gasteiger partial charge in [0.2, 0.25) is 0 Å². The molecule has 0 amide bonds. The van der Waals surface area contributed by atoms with Crippen LogP contribution in [0.1, 0.15) is 24.3 Å². The number of fused-ring (bicyclic) bond motifs is 1. The number of rotatable bonds is 1. The van der Waals surface area contributed by atoms with E-state index in [-0.39, 0.29) is 0 Å². The normalized spacial score (nSPS) is 17.8. The fourth-order valence-electron chi connectivity index (χ4n) is 2.79. The number of para-hydroxylation sites is 1. The van der Waals surface area contributed by atoms with Crippen LogP contribution in [0.3, 0.4) is 0 Å². The standard InChI is InChI=1S/C13H16ClN3/c1-17-12-10(9-5-7-15-8-6-9)3-2-4-11(12)13(14)16-17/h2-4,9,15H,5-8H2,1H3. The zero-order valence-electron chi connectivity index (χ0n) is 9.91. The molecule has 1 aliphatic rings. The minimum absolute atomic E-state index is 0.610. The van der Waals surface area contributed by atoms with Crippen molar-refractivity contribution in [1.29, 1.82) is 0 Å². The van der Waals surface area contributed by atoms with E-state index in [1.165, 1.54) is 23.9 Å². The van der Waals surface area contributed by atoms with Crippen LogP contribution in [0, 0.1) is 0 Å².